The number of carbonyl (C=O) groups is 1. The van der Waals surface area contributed by atoms with Crippen LogP contribution < -0.4 is 11.5 Å². The van der Waals surface area contributed by atoms with Crippen molar-refractivity contribution in [2.75, 3.05) is 12.3 Å². The van der Waals surface area contributed by atoms with Gasteiger partial charge in [-0.3, -0.25) is 4.79 Å². The lowest BCUT2D eigenvalue weighted by Gasteiger charge is -2.25. The number of hydrogen-bond acceptors (Lipinski definition) is 4. The summed E-state index contributed by atoms with van der Waals surface area (Å²) in [6.45, 7) is -0.235. The van der Waals surface area contributed by atoms with Crippen LogP contribution in [-0.2, 0) is 21.4 Å². The molecule has 1 amide bonds. The first-order valence-corrected chi connectivity index (χ1v) is 8.52. The van der Waals surface area contributed by atoms with E-state index in [1.54, 1.807) is 24.3 Å². The molecular formula is C14H21N3O3S. The SMILES string of the molecule is NC(=O)CN(Cc1ccccc1N)S(=O)(=O)C1CCCC1. The van der Waals surface area contributed by atoms with Crippen LogP contribution in [-0.4, -0.2) is 30.4 Å². The predicted molar refractivity (Wildman–Crippen MR) is 81.6 cm³/mol. The summed E-state index contributed by atoms with van der Waals surface area (Å²) in [5, 5.41) is -0.415. The molecule has 0 bridgehead atoms. The van der Waals surface area contributed by atoms with Gasteiger partial charge in [0.25, 0.3) is 0 Å². The summed E-state index contributed by atoms with van der Waals surface area (Å²) in [6.07, 6.45) is 3.09. The Morgan fingerprint density at radius 2 is 1.86 bits per heavy atom. The fourth-order valence-electron chi connectivity index (χ4n) is 2.67. The summed E-state index contributed by atoms with van der Waals surface area (Å²) in [6, 6.07) is 7.03. The Morgan fingerprint density at radius 1 is 1.24 bits per heavy atom. The summed E-state index contributed by atoms with van der Waals surface area (Å²) in [4.78, 5) is 11.2. The van der Waals surface area contributed by atoms with Crippen molar-refractivity contribution in [3.05, 3.63) is 29.8 Å². The highest BCUT2D eigenvalue weighted by atomic mass is 32.2. The fraction of sp³-hybridized carbons (Fsp3) is 0.500. The van der Waals surface area contributed by atoms with Crippen molar-refractivity contribution in [3.63, 3.8) is 0 Å². The number of nitrogens with zero attached hydrogens (tertiary/aromatic N) is 1. The van der Waals surface area contributed by atoms with Crippen LogP contribution in [0, 0.1) is 0 Å². The van der Waals surface area contributed by atoms with E-state index in [1.807, 2.05) is 0 Å². The zero-order chi connectivity index (χ0) is 15.5. The maximum Gasteiger partial charge on any atom is 0.232 e. The summed E-state index contributed by atoms with van der Waals surface area (Å²) < 4.78 is 26.5. The van der Waals surface area contributed by atoms with E-state index >= 15 is 0 Å². The Bertz CT molecular complexity index is 610. The first-order chi connectivity index (χ1) is 9.91. The molecule has 1 aliphatic carbocycles. The molecule has 0 heterocycles. The first-order valence-electron chi connectivity index (χ1n) is 7.02. The van der Waals surface area contributed by atoms with E-state index in [9.17, 15) is 13.2 Å². The summed E-state index contributed by atoms with van der Waals surface area (Å²) in [5.41, 5.74) is 12.3. The normalized spacial score (nSPS) is 16.4. The quantitative estimate of drug-likeness (QED) is 0.759. The second kappa shape index (κ2) is 6.44. The van der Waals surface area contributed by atoms with Crippen molar-refractivity contribution in [2.45, 2.75) is 37.5 Å². The van der Waals surface area contributed by atoms with Crippen LogP contribution >= 0.6 is 0 Å². The number of sulfonamides is 1. The van der Waals surface area contributed by atoms with Crippen LogP contribution in [0.5, 0.6) is 0 Å². The number of hydrogen-bond donors (Lipinski definition) is 2. The Balaban J connectivity index is 2.26. The Morgan fingerprint density at radius 3 is 2.43 bits per heavy atom. The standard InChI is InChI=1S/C14H21N3O3S/c15-13-8-4-1-5-11(13)9-17(10-14(16)18)21(19,20)12-6-2-3-7-12/h1,4-5,8,12H,2-3,6-7,9-10,15H2,(H2,16,18). The molecular weight excluding hydrogens is 290 g/mol. The molecule has 1 aliphatic rings. The number of benzene rings is 1. The van der Waals surface area contributed by atoms with Gasteiger partial charge in [-0.25, -0.2) is 8.42 Å². The van der Waals surface area contributed by atoms with E-state index in [0.717, 1.165) is 17.1 Å². The van der Waals surface area contributed by atoms with E-state index in [4.69, 9.17) is 11.5 Å². The minimum atomic E-state index is -3.53. The largest absolute Gasteiger partial charge is 0.398 e. The van der Waals surface area contributed by atoms with Crippen molar-refractivity contribution in [2.24, 2.45) is 5.73 Å². The maximum atomic E-state index is 12.7. The third kappa shape index (κ3) is 3.74. The number of para-hydroxylation sites is 1. The number of nitrogens with two attached hydrogens (primary N) is 2. The molecule has 0 aromatic heterocycles. The minimum absolute atomic E-state index is 0.0778. The number of nitrogen functional groups attached to an aromatic ring is 1. The van der Waals surface area contributed by atoms with Gasteiger partial charge in [0.1, 0.15) is 0 Å². The highest BCUT2D eigenvalue weighted by Crippen LogP contribution is 2.28. The van der Waals surface area contributed by atoms with Crippen LogP contribution in [0.1, 0.15) is 31.2 Å². The molecule has 0 aliphatic heterocycles. The zero-order valence-corrected chi connectivity index (χ0v) is 12.7. The lowest BCUT2D eigenvalue weighted by molar-refractivity contribution is -0.118. The number of amides is 1. The Labute approximate surface area is 125 Å². The van der Waals surface area contributed by atoms with E-state index in [0.29, 0.717) is 24.1 Å². The van der Waals surface area contributed by atoms with Crippen molar-refractivity contribution in [1.82, 2.24) is 4.31 Å². The number of rotatable bonds is 6. The van der Waals surface area contributed by atoms with Gasteiger partial charge in [-0.2, -0.15) is 4.31 Å². The molecule has 0 saturated heterocycles. The van der Waals surface area contributed by atoms with E-state index in [-0.39, 0.29) is 13.1 Å². The van der Waals surface area contributed by atoms with Gasteiger partial charge >= 0.3 is 0 Å². The number of anilines is 1. The van der Waals surface area contributed by atoms with Gasteiger partial charge in [0, 0.05) is 12.2 Å². The third-order valence-electron chi connectivity index (χ3n) is 3.82. The molecule has 7 heteroatoms. The molecule has 1 fully saturated rings. The molecule has 21 heavy (non-hydrogen) atoms. The van der Waals surface area contributed by atoms with Gasteiger partial charge in [0.2, 0.25) is 15.9 Å². The molecule has 116 valence electrons. The number of carbonyl (C=O) groups excluding carboxylic acids is 1. The van der Waals surface area contributed by atoms with Crippen molar-refractivity contribution in [3.8, 4) is 0 Å². The average molecular weight is 311 g/mol. The second-order valence-electron chi connectivity index (χ2n) is 5.38. The van der Waals surface area contributed by atoms with Gasteiger partial charge in [0.15, 0.2) is 0 Å². The summed E-state index contributed by atoms with van der Waals surface area (Å²) in [5.74, 6) is -0.661. The Kier molecular flexibility index (Phi) is 4.84. The molecule has 1 aromatic rings. The van der Waals surface area contributed by atoms with Crippen LogP contribution in [0.15, 0.2) is 24.3 Å². The van der Waals surface area contributed by atoms with Crippen molar-refractivity contribution >= 4 is 21.6 Å². The smallest absolute Gasteiger partial charge is 0.232 e. The molecule has 6 nitrogen and oxygen atoms in total. The summed E-state index contributed by atoms with van der Waals surface area (Å²) >= 11 is 0. The highest BCUT2D eigenvalue weighted by Gasteiger charge is 2.35. The second-order valence-corrected chi connectivity index (χ2v) is 7.60. The minimum Gasteiger partial charge on any atom is -0.398 e. The molecule has 4 N–H and O–H groups in total. The highest BCUT2D eigenvalue weighted by molar-refractivity contribution is 7.89. The van der Waals surface area contributed by atoms with Gasteiger partial charge in [-0.15, -0.1) is 0 Å². The zero-order valence-electron chi connectivity index (χ0n) is 11.9. The summed E-state index contributed by atoms with van der Waals surface area (Å²) in [7, 11) is -3.53. The lowest BCUT2D eigenvalue weighted by Crippen LogP contribution is -2.42. The molecule has 2 rings (SSSR count). The van der Waals surface area contributed by atoms with Gasteiger partial charge in [-0.1, -0.05) is 31.0 Å². The molecule has 0 atom stereocenters. The number of primary amides is 1. The topological polar surface area (TPSA) is 106 Å². The van der Waals surface area contributed by atoms with Crippen molar-refractivity contribution < 1.29 is 13.2 Å². The van der Waals surface area contributed by atoms with Gasteiger partial charge < -0.3 is 11.5 Å². The molecule has 1 saturated carbocycles. The third-order valence-corrected chi connectivity index (χ3v) is 6.11. The van der Waals surface area contributed by atoms with Crippen LogP contribution in [0.3, 0.4) is 0 Å². The molecule has 0 radical (unpaired) electrons. The maximum absolute atomic E-state index is 12.7. The van der Waals surface area contributed by atoms with Crippen LogP contribution in [0.2, 0.25) is 0 Å². The molecule has 0 unspecified atom stereocenters. The van der Waals surface area contributed by atoms with Gasteiger partial charge in [0.05, 0.1) is 11.8 Å². The predicted octanol–water partition coefficient (Wildman–Crippen LogP) is 0.828. The monoisotopic (exact) mass is 311 g/mol. The lowest BCUT2D eigenvalue weighted by atomic mass is 10.2. The molecule has 1 aromatic carbocycles. The Hall–Kier alpha value is -1.60. The van der Waals surface area contributed by atoms with Gasteiger partial charge in [-0.05, 0) is 24.5 Å². The molecule has 0 spiro atoms. The average Bonchev–Trinajstić information content (AvgIpc) is 2.94. The first kappa shape index (κ1) is 15.8. The van der Waals surface area contributed by atoms with Crippen LogP contribution in [0.4, 0.5) is 5.69 Å². The van der Waals surface area contributed by atoms with E-state index < -0.39 is 21.2 Å². The van der Waals surface area contributed by atoms with E-state index in [2.05, 4.69) is 0 Å². The van der Waals surface area contributed by atoms with E-state index in [1.165, 1.54) is 0 Å². The fourth-order valence-corrected chi connectivity index (χ4v) is 4.65. The van der Waals surface area contributed by atoms with Crippen molar-refractivity contribution in [1.29, 1.82) is 0 Å². The van der Waals surface area contributed by atoms with Crippen LogP contribution in [0.25, 0.3) is 0 Å².